The first-order valence-corrected chi connectivity index (χ1v) is 7.65. The monoisotopic (exact) mass is 307 g/mol. The number of anilines is 1. The molecule has 1 aliphatic rings. The van der Waals surface area contributed by atoms with Gasteiger partial charge in [-0.2, -0.15) is 5.10 Å². The summed E-state index contributed by atoms with van der Waals surface area (Å²) >= 11 is 0. The predicted octanol–water partition coefficient (Wildman–Crippen LogP) is 3.30. The fraction of sp³-hybridized carbons (Fsp3) is 0.235. The smallest absolute Gasteiger partial charge is 0.320 e. The summed E-state index contributed by atoms with van der Waals surface area (Å²) < 4.78 is 0. The molecule has 1 aliphatic heterocycles. The lowest BCUT2D eigenvalue weighted by molar-refractivity contribution is 0.210. The second-order valence-corrected chi connectivity index (χ2v) is 5.76. The van der Waals surface area contributed by atoms with E-state index in [1.54, 1.807) is 11.1 Å². The van der Waals surface area contributed by atoms with Crippen LogP contribution in [0.25, 0.3) is 22.2 Å². The zero-order chi connectivity index (χ0) is 16.0. The summed E-state index contributed by atoms with van der Waals surface area (Å²) in [5.74, 6) is 0. The highest BCUT2D eigenvalue weighted by Crippen LogP contribution is 2.33. The Morgan fingerprint density at radius 3 is 2.96 bits per heavy atom. The van der Waals surface area contributed by atoms with Gasteiger partial charge in [0, 0.05) is 41.6 Å². The number of nitrogens with zero attached hydrogens (tertiary/aromatic N) is 3. The summed E-state index contributed by atoms with van der Waals surface area (Å²) in [5, 5.41) is 11.5. The number of urea groups is 1. The number of hydrogen-bond acceptors (Lipinski definition) is 3. The van der Waals surface area contributed by atoms with Crippen LogP contribution >= 0.6 is 0 Å². The van der Waals surface area contributed by atoms with Crippen molar-refractivity contribution < 1.29 is 4.79 Å². The Hall–Kier alpha value is -2.89. The number of carbonyl (C=O) groups excluding carboxylic acids is 1. The second kappa shape index (κ2) is 5.08. The first kappa shape index (κ1) is 13.8. The number of rotatable bonds is 2. The Kier molecular flexibility index (Phi) is 3.04. The Morgan fingerprint density at radius 1 is 1.30 bits per heavy atom. The molecule has 0 unspecified atom stereocenters. The van der Waals surface area contributed by atoms with E-state index < -0.39 is 0 Å². The van der Waals surface area contributed by atoms with Crippen molar-refractivity contribution in [1.82, 2.24) is 20.1 Å². The van der Waals surface area contributed by atoms with Crippen molar-refractivity contribution in [3.63, 3.8) is 0 Å². The zero-order valence-electron chi connectivity index (χ0n) is 13.1. The number of fused-ring (bicyclic) bond motifs is 2. The van der Waals surface area contributed by atoms with E-state index in [4.69, 9.17) is 0 Å². The normalized spacial score (nSPS) is 14.0. The molecule has 0 saturated carbocycles. The average molecular weight is 307 g/mol. The van der Waals surface area contributed by atoms with Gasteiger partial charge >= 0.3 is 6.03 Å². The van der Waals surface area contributed by atoms with Crippen molar-refractivity contribution in [2.75, 3.05) is 11.9 Å². The summed E-state index contributed by atoms with van der Waals surface area (Å²) in [6.07, 6.45) is 1.79. The number of amides is 2. The number of H-pyrrole nitrogens is 1. The standard InChI is InChI=1S/C17H17N5O/c1-3-22-9-12-7-13-15(8-14(12)19-17(22)23)20-21-16(13)11-4-5-18-10(2)6-11/h4-8H,3,9H2,1-2H3,(H,19,23)(H,20,21). The molecule has 23 heavy (non-hydrogen) atoms. The molecule has 0 atom stereocenters. The Balaban J connectivity index is 1.86. The fourth-order valence-corrected chi connectivity index (χ4v) is 3.00. The highest BCUT2D eigenvalue weighted by atomic mass is 16.2. The molecular weight excluding hydrogens is 290 g/mol. The number of benzene rings is 1. The highest BCUT2D eigenvalue weighted by Gasteiger charge is 2.22. The van der Waals surface area contributed by atoms with Gasteiger partial charge < -0.3 is 10.2 Å². The van der Waals surface area contributed by atoms with Crippen molar-refractivity contribution in [3.05, 3.63) is 41.7 Å². The van der Waals surface area contributed by atoms with Gasteiger partial charge in [-0.1, -0.05) is 0 Å². The highest BCUT2D eigenvalue weighted by molar-refractivity contribution is 6.00. The molecule has 3 aromatic rings. The van der Waals surface area contributed by atoms with E-state index in [-0.39, 0.29) is 6.03 Å². The molecule has 0 bridgehead atoms. The molecule has 116 valence electrons. The summed E-state index contributed by atoms with van der Waals surface area (Å²) in [6, 6.07) is 8.00. The fourth-order valence-electron chi connectivity index (χ4n) is 3.00. The van der Waals surface area contributed by atoms with Crippen molar-refractivity contribution in [3.8, 4) is 11.3 Å². The van der Waals surface area contributed by atoms with Gasteiger partial charge in [-0.15, -0.1) is 0 Å². The zero-order valence-corrected chi connectivity index (χ0v) is 13.1. The van der Waals surface area contributed by atoms with Crippen molar-refractivity contribution >= 4 is 22.6 Å². The summed E-state index contributed by atoms with van der Waals surface area (Å²) in [7, 11) is 0. The second-order valence-electron chi connectivity index (χ2n) is 5.76. The molecule has 0 fully saturated rings. The number of aromatic nitrogens is 3. The van der Waals surface area contributed by atoms with Gasteiger partial charge in [0.1, 0.15) is 5.69 Å². The van der Waals surface area contributed by atoms with Gasteiger partial charge in [0.2, 0.25) is 0 Å². The minimum atomic E-state index is -0.0520. The molecule has 2 amide bonds. The van der Waals surface area contributed by atoms with Crippen molar-refractivity contribution in [2.24, 2.45) is 0 Å². The van der Waals surface area contributed by atoms with Crippen molar-refractivity contribution in [1.29, 1.82) is 0 Å². The largest absolute Gasteiger partial charge is 0.322 e. The minimum absolute atomic E-state index is 0.0520. The number of pyridine rings is 1. The molecule has 0 aliphatic carbocycles. The average Bonchev–Trinajstić information content (AvgIpc) is 2.95. The minimum Gasteiger partial charge on any atom is -0.320 e. The van der Waals surface area contributed by atoms with Crippen LogP contribution in [-0.4, -0.2) is 32.7 Å². The van der Waals surface area contributed by atoms with Crippen LogP contribution in [0, 0.1) is 6.92 Å². The maximum atomic E-state index is 12.0. The Bertz CT molecular complexity index is 914. The van der Waals surface area contributed by atoms with Crippen LogP contribution < -0.4 is 5.32 Å². The number of hydrogen-bond donors (Lipinski definition) is 2. The van der Waals surface area contributed by atoms with E-state index in [0.717, 1.165) is 39.1 Å². The Labute approximate surface area is 133 Å². The predicted molar refractivity (Wildman–Crippen MR) is 89.2 cm³/mol. The van der Waals surface area contributed by atoms with Gasteiger partial charge in [0.05, 0.1) is 5.52 Å². The number of carbonyl (C=O) groups is 1. The number of aryl methyl sites for hydroxylation is 1. The van der Waals surface area contributed by atoms with E-state index in [9.17, 15) is 4.79 Å². The molecule has 6 nitrogen and oxygen atoms in total. The van der Waals surface area contributed by atoms with Crippen LogP contribution in [0.2, 0.25) is 0 Å². The molecule has 3 heterocycles. The molecule has 0 spiro atoms. The molecular formula is C17H17N5O. The molecule has 2 N–H and O–H groups in total. The maximum Gasteiger partial charge on any atom is 0.322 e. The molecule has 4 rings (SSSR count). The lowest BCUT2D eigenvalue weighted by Crippen LogP contribution is -2.38. The lowest BCUT2D eigenvalue weighted by Gasteiger charge is -2.28. The molecule has 0 saturated heterocycles. The van der Waals surface area contributed by atoms with Gasteiger partial charge in [0.15, 0.2) is 0 Å². The van der Waals surface area contributed by atoms with E-state index in [1.165, 1.54) is 0 Å². The van der Waals surface area contributed by atoms with Crippen LogP contribution in [-0.2, 0) is 6.54 Å². The van der Waals surface area contributed by atoms with Crippen LogP contribution in [0.15, 0.2) is 30.5 Å². The van der Waals surface area contributed by atoms with E-state index in [0.29, 0.717) is 13.1 Å². The lowest BCUT2D eigenvalue weighted by atomic mass is 10.0. The first-order chi connectivity index (χ1) is 11.2. The van der Waals surface area contributed by atoms with Gasteiger partial charge in [-0.25, -0.2) is 4.79 Å². The van der Waals surface area contributed by atoms with Gasteiger partial charge in [-0.3, -0.25) is 10.1 Å². The van der Waals surface area contributed by atoms with E-state index in [1.807, 2.05) is 32.0 Å². The van der Waals surface area contributed by atoms with Crippen LogP contribution in [0.5, 0.6) is 0 Å². The van der Waals surface area contributed by atoms with E-state index >= 15 is 0 Å². The maximum absolute atomic E-state index is 12.0. The first-order valence-electron chi connectivity index (χ1n) is 7.65. The van der Waals surface area contributed by atoms with Crippen LogP contribution in [0.4, 0.5) is 10.5 Å². The van der Waals surface area contributed by atoms with Gasteiger partial charge in [-0.05, 0) is 43.7 Å². The molecule has 2 aromatic heterocycles. The third-order valence-corrected chi connectivity index (χ3v) is 4.23. The number of nitrogens with one attached hydrogen (secondary N) is 2. The quantitative estimate of drug-likeness (QED) is 0.763. The SMILES string of the molecule is CCN1Cc2cc3c(-c4ccnc(C)c4)n[nH]c3cc2NC1=O. The van der Waals surface area contributed by atoms with Crippen LogP contribution in [0.1, 0.15) is 18.2 Å². The summed E-state index contributed by atoms with van der Waals surface area (Å²) in [5.41, 5.74) is 5.78. The summed E-state index contributed by atoms with van der Waals surface area (Å²) in [4.78, 5) is 18.0. The van der Waals surface area contributed by atoms with Gasteiger partial charge in [0.25, 0.3) is 0 Å². The third-order valence-electron chi connectivity index (χ3n) is 4.23. The third kappa shape index (κ3) is 2.23. The summed E-state index contributed by atoms with van der Waals surface area (Å²) in [6.45, 7) is 5.25. The topological polar surface area (TPSA) is 73.9 Å². The van der Waals surface area contributed by atoms with E-state index in [2.05, 4.69) is 26.6 Å². The molecule has 0 radical (unpaired) electrons. The molecule has 1 aromatic carbocycles. The Morgan fingerprint density at radius 2 is 2.17 bits per heavy atom. The number of aromatic amines is 1. The van der Waals surface area contributed by atoms with Crippen LogP contribution in [0.3, 0.4) is 0 Å². The van der Waals surface area contributed by atoms with Crippen molar-refractivity contribution in [2.45, 2.75) is 20.4 Å². The molecule has 6 heteroatoms.